The fourth-order valence-corrected chi connectivity index (χ4v) is 3.67. The van der Waals surface area contributed by atoms with Gasteiger partial charge in [-0.25, -0.2) is 14.8 Å². The van der Waals surface area contributed by atoms with E-state index in [1.54, 1.807) is 27.8 Å². The molecule has 4 aromatic rings. The second-order valence-electron chi connectivity index (χ2n) is 7.74. The summed E-state index contributed by atoms with van der Waals surface area (Å²) in [6.07, 6.45) is 5.98. The Balaban J connectivity index is 1.37. The highest BCUT2D eigenvalue weighted by molar-refractivity contribution is 5.98. The number of anilines is 1. The lowest BCUT2D eigenvalue weighted by Gasteiger charge is -2.18. The number of nitrogens with one attached hydrogen (secondary N) is 2. The maximum Gasteiger partial charge on any atom is 0.331 e. The van der Waals surface area contributed by atoms with Crippen LogP contribution in [0.5, 0.6) is 11.6 Å². The van der Waals surface area contributed by atoms with Gasteiger partial charge in [0.1, 0.15) is 12.1 Å². The molecular weight excluding hydrogens is 394 g/mol. The zero-order chi connectivity index (χ0) is 21.4. The standard InChI is InChI=1S/C22H23N7O2/c1-14(2)29-10-7-20(27-29)26-22(30)28-9-6-15-11-16(3-4-19(15)28)31-21-17-12-23-8-5-18(17)24-13-25-21/h3-4,6-7,9-11,13-14,23H,5,8,12H2,1-2H3,(H,26,27,30). The van der Waals surface area contributed by atoms with Crippen molar-refractivity contribution >= 4 is 22.8 Å². The van der Waals surface area contributed by atoms with Gasteiger partial charge in [-0.3, -0.25) is 14.6 Å². The molecule has 1 aliphatic rings. The van der Waals surface area contributed by atoms with Crippen LogP contribution < -0.4 is 15.4 Å². The number of carbonyl (C=O) groups excluding carboxylic acids is 1. The Morgan fingerprint density at radius 2 is 2.10 bits per heavy atom. The van der Waals surface area contributed by atoms with Crippen molar-refractivity contribution in [3.8, 4) is 11.6 Å². The van der Waals surface area contributed by atoms with Crippen molar-refractivity contribution < 1.29 is 9.53 Å². The maximum absolute atomic E-state index is 12.8. The summed E-state index contributed by atoms with van der Waals surface area (Å²) in [6.45, 7) is 5.66. The fourth-order valence-electron chi connectivity index (χ4n) is 3.67. The van der Waals surface area contributed by atoms with E-state index in [-0.39, 0.29) is 12.1 Å². The molecule has 1 aliphatic heterocycles. The van der Waals surface area contributed by atoms with Crippen LogP contribution in [-0.2, 0) is 13.0 Å². The quantitative estimate of drug-likeness (QED) is 0.525. The summed E-state index contributed by atoms with van der Waals surface area (Å²) in [5.74, 6) is 1.74. The maximum atomic E-state index is 12.8. The first-order valence-electron chi connectivity index (χ1n) is 10.3. The number of benzene rings is 1. The third-order valence-corrected chi connectivity index (χ3v) is 5.30. The van der Waals surface area contributed by atoms with E-state index in [0.29, 0.717) is 24.0 Å². The zero-order valence-corrected chi connectivity index (χ0v) is 17.4. The molecule has 4 heterocycles. The number of fused-ring (bicyclic) bond motifs is 2. The monoisotopic (exact) mass is 417 g/mol. The Morgan fingerprint density at radius 1 is 1.19 bits per heavy atom. The molecule has 0 unspecified atom stereocenters. The van der Waals surface area contributed by atoms with Crippen molar-refractivity contribution in [1.29, 1.82) is 0 Å². The first-order valence-corrected chi connectivity index (χ1v) is 10.3. The molecule has 1 aromatic carbocycles. The predicted octanol–water partition coefficient (Wildman–Crippen LogP) is 3.73. The number of nitrogens with zero attached hydrogens (tertiary/aromatic N) is 5. The van der Waals surface area contributed by atoms with Crippen molar-refractivity contribution in [2.45, 2.75) is 32.9 Å². The minimum absolute atomic E-state index is 0.229. The molecule has 158 valence electrons. The molecular formula is C22H23N7O2. The van der Waals surface area contributed by atoms with Gasteiger partial charge in [-0.05, 0) is 38.1 Å². The van der Waals surface area contributed by atoms with Crippen LogP contribution in [0.1, 0.15) is 31.1 Å². The molecule has 0 spiro atoms. The lowest BCUT2D eigenvalue weighted by atomic mass is 10.1. The topological polar surface area (TPSA) is 98.9 Å². The van der Waals surface area contributed by atoms with Gasteiger partial charge < -0.3 is 10.1 Å². The smallest absolute Gasteiger partial charge is 0.331 e. The van der Waals surface area contributed by atoms with Crippen molar-refractivity contribution in [2.75, 3.05) is 11.9 Å². The summed E-state index contributed by atoms with van der Waals surface area (Å²) in [6, 6.07) is 9.23. The molecule has 0 radical (unpaired) electrons. The molecule has 0 atom stereocenters. The fraction of sp³-hybridized carbons (Fsp3) is 0.273. The van der Waals surface area contributed by atoms with Crippen molar-refractivity contribution in [3.63, 3.8) is 0 Å². The number of ether oxygens (including phenoxy) is 1. The van der Waals surface area contributed by atoms with Gasteiger partial charge in [0.25, 0.3) is 0 Å². The minimum atomic E-state index is -0.270. The first-order chi connectivity index (χ1) is 15.1. The van der Waals surface area contributed by atoms with E-state index in [0.717, 1.165) is 35.1 Å². The van der Waals surface area contributed by atoms with Crippen LogP contribution in [0.25, 0.3) is 10.9 Å². The third kappa shape index (κ3) is 3.75. The van der Waals surface area contributed by atoms with Gasteiger partial charge in [-0.1, -0.05) is 0 Å². The zero-order valence-electron chi connectivity index (χ0n) is 17.4. The minimum Gasteiger partial charge on any atom is -0.439 e. The normalized spacial score (nSPS) is 13.4. The molecule has 0 fully saturated rings. The lowest BCUT2D eigenvalue weighted by molar-refractivity contribution is 0.254. The number of hydrogen-bond acceptors (Lipinski definition) is 6. The largest absolute Gasteiger partial charge is 0.439 e. The highest BCUT2D eigenvalue weighted by atomic mass is 16.5. The van der Waals surface area contributed by atoms with Crippen LogP contribution in [-0.4, -0.2) is 36.9 Å². The average molecular weight is 417 g/mol. The van der Waals surface area contributed by atoms with Crippen LogP contribution in [0, 0.1) is 0 Å². The Hall–Kier alpha value is -3.72. The van der Waals surface area contributed by atoms with Crippen LogP contribution in [0.15, 0.2) is 49.1 Å². The Morgan fingerprint density at radius 3 is 2.94 bits per heavy atom. The molecule has 5 rings (SSSR count). The predicted molar refractivity (Wildman–Crippen MR) is 116 cm³/mol. The van der Waals surface area contributed by atoms with E-state index in [4.69, 9.17) is 4.74 Å². The number of aromatic nitrogens is 5. The van der Waals surface area contributed by atoms with E-state index >= 15 is 0 Å². The van der Waals surface area contributed by atoms with E-state index in [1.165, 1.54) is 0 Å². The van der Waals surface area contributed by atoms with Crippen molar-refractivity contribution in [2.24, 2.45) is 0 Å². The molecule has 2 N–H and O–H groups in total. The summed E-state index contributed by atoms with van der Waals surface area (Å²) >= 11 is 0. The Labute approximate surface area is 179 Å². The van der Waals surface area contributed by atoms with Gasteiger partial charge in [0.15, 0.2) is 5.82 Å². The Bertz CT molecular complexity index is 1260. The van der Waals surface area contributed by atoms with Gasteiger partial charge >= 0.3 is 6.03 Å². The van der Waals surface area contributed by atoms with E-state index < -0.39 is 0 Å². The number of hydrogen-bond donors (Lipinski definition) is 2. The van der Waals surface area contributed by atoms with Crippen LogP contribution in [0.4, 0.5) is 10.6 Å². The van der Waals surface area contributed by atoms with Crippen LogP contribution >= 0.6 is 0 Å². The molecule has 31 heavy (non-hydrogen) atoms. The van der Waals surface area contributed by atoms with Crippen LogP contribution in [0.3, 0.4) is 0 Å². The summed E-state index contributed by atoms with van der Waals surface area (Å²) < 4.78 is 9.42. The molecule has 0 saturated carbocycles. The summed E-state index contributed by atoms with van der Waals surface area (Å²) in [5, 5.41) is 11.4. The van der Waals surface area contributed by atoms with Gasteiger partial charge in [-0.15, -0.1) is 0 Å². The SMILES string of the molecule is CC(C)n1ccc(NC(=O)n2ccc3cc(Oc4ncnc5c4CNCC5)ccc32)n1. The summed E-state index contributed by atoms with van der Waals surface area (Å²) in [7, 11) is 0. The molecule has 9 heteroatoms. The summed E-state index contributed by atoms with van der Waals surface area (Å²) in [4.78, 5) is 21.4. The van der Waals surface area contributed by atoms with Gasteiger partial charge in [-0.2, -0.15) is 5.10 Å². The molecule has 3 aromatic heterocycles. The molecule has 9 nitrogen and oxygen atoms in total. The summed E-state index contributed by atoms with van der Waals surface area (Å²) in [5.41, 5.74) is 2.79. The molecule has 0 aliphatic carbocycles. The van der Waals surface area contributed by atoms with E-state index in [1.807, 2.05) is 44.3 Å². The highest BCUT2D eigenvalue weighted by Gasteiger charge is 2.17. The average Bonchev–Trinajstić information content (AvgIpc) is 3.41. The van der Waals surface area contributed by atoms with Gasteiger partial charge in [0.2, 0.25) is 5.88 Å². The number of amides is 1. The van der Waals surface area contributed by atoms with Crippen molar-refractivity contribution in [1.82, 2.24) is 29.6 Å². The number of rotatable bonds is 4. The van der Waals surface area contributed by atoms with E-state index in [2.05, 4.69) is 25.7 Å². The third-order valence-electron chi connectivity index (χ3n) is 5.30. The molecule has 0 saturated heterocycles. The van der Waals surface area contributed by atoms with Gasteiger partial charge in [0.05, 0.1) is 16.8 Å². The molecule has 0 bridgehead atoms. The first kappa shape index (κ1) is 19.3. The lowest BCUT2D eigenvalue weighted by Crippen LogP contribution is -2.25. The van der Waals surface area contributed by atoms with Gasteiger partial charge in [0, 0.05) is 49.4 Å². The Kier molecular flexibility index (Phi) is 4.87. The molecule has 1 amide bonds. The van der Waals surface area contributed by atoms with Crippen LogP contribution in [0.2, 0.25) is 0 Å². The second-order valence-corrected chi connectivity index (χ2v) is 7.74. The van der Waals surface area contributed by atoms with E-state index in [9.17, 15) is 4.79 Å². The number of carbonyl (C=O) groups is 1. The second kappa shape index (κ2) is 7.84. The van der Waals surface area contributed by atoms with Crippen molar-refractivity contribution in [3.05, 3.63) is 60.3 Å². The highest BCUT2D eigenvalue weighted by Crippen LogP contribution is 2.29.